The number of oxazole rings is 1. The number of carbonyl (C=O) groups is 1. The first-order valence-electron chi connectivity index (χ1n) is 6.78. The molecule has 0 spiro atoms. The van der Waals surface area contributed by atoms with Crippen molar-refractivity contribution < 1.29 is 9.21 Å². The highest BCUT2D eigenvalue weighted by atomic mass is 16.3. The van der Waals surface area contributed by atoms with Crippen LogP contribution in [0, 0.1) is 0 Å². The van der Waals surface area contributed by atoms with Gasteiger partial charge in [-0.2, -0.15) is 0 Å². The fourth-order valence-electron chi connectivity index (χ4n) is 2.76. The molecule has 1 amide bonds. The SMILES string of the molecule is CC(C)c1ncoc1C(=O)N1C(C)CCCC1C. The zero-order chi connectivity index (χ0) is 13.3. The van der Waals surface area contributed by atoms with E-state index in [0.29, 0.717) is 5.76 Å². The van der Waals surface area contributed by atoms with Crippen LogP contribution in [0.1, 0.15) is 69.1 Å². The van der Waals surface area contributed by atoms with Gasteiger partial charge in [-0.25, -0.2) is 4.98 Å². The first kappa shape index (κ1) is 13.1. The zero-order valence-electron chi connectivity index (χ0n) is 11.6. The van der Waals surface area contributed by atoms with Gasteiger partial charge in [0.05, 0.1) is 5.69 Å². The average molecular weight is 250 g/mol. The molecule has 4 nitrogen and oxygen atoms in total. The van der Waals surface area contributed by atoms with Crippen molar-refractivity contribution in [1.82, 2.24) is 9.88 Å². The van der Waals surface area contributed by atoms with Gasteiger partial charge in [-0.05, 0) is 39.0 Å². The third-order valence-electron chi connectivity index (χ3n) is 3.76. The molecule has 0 saturated carbocycles. The number of hydrogen-bond acceptors (Lipinski definition) is 3. The van der Waals surface area contributed by atoms with Gasteiger partial charge in [0.25, 0.3) is 5.91 Å². The number of rotatable bonds is 2. The molecule has 2 atom stereocenters. The lowest BCUT2D eigenvalue weighted by molar-refractivity contribution is 0.0476. The molecule has 4 heteroatoms. The van der Waals surface area contributed by atoms with Crippen LogP contribution in [0.4, 0.5) is 0 Å². The lowest BCUT2D eigenvalue weighted by Gasteiger charge is -2.38. The summed E-state index contributed by atoms with van der Waals surface area (Å²) in [6.07, 6.45) is 4.71. The molecule has 1 aromatic heterocycles. The fourth-order valence-corrected chi connectivity index (χ4v) is 2.76. The van der Waals surface area contributed by atoms with Crippen LogP contribution < -0.4 is 0 Å². The second kappa shape index (κ2) is 5.12. The van der Waals surface area contributed by atoms with E-state index >= 15 is 0 Å². The first-order chi connectivity index (χ1) is 8.52. The van der Waals surface area contributed by atoms with Gasteiger partial charge in [-0.3, -0.25) is 4.79 Å². The summed E-state index contributed by atoms with van der Waals surface area (Å²) in [6, 6.07) is 0.567. The summed E-state index contributed by atoms with van der Waals surface area (Å²) in [7, 11) is 0. The van der Waals surface area contributed by atoms with Gasteiger partial charge in [0.1, 0.15) is 0 Å². The van der Waals surface area contributed by atoms with E-state index in [1.54, 1.807) is 0 Å². The summed E-state index contributed by atoms with van der Waals surface area (Å²) in [4.78, 5) is 18.7. The minimum Gasteiger partial charge on any atom is -0.438 e. The zero-order valence-corrected chi connectivity index (χ0v) is 11.6. The highest BCUT2D eigenvalue weighted by molar-refractivity contribution is 5.93. The number of likely N-dealkylation sites (tertiary alicyclic amines) is 1. The molecule has 1 aromatic rings. The Kier molecular flexibility index (Phi) is 3.73. The molecule has 0 N–H and O–H groups in total. The van der Waals surface area contributed by atoms with E-state index in [-0.39, 0.29) is 23.9 Å². The summed E-state index contributed by atoms with van der Waals surface area (Å²) >= 11 is 0. The third-order valence-corrected chi connectivity index (χ3v) is 3.76. The predicted octanol–water partition coefficient (Wildman–Crippen LogP) is 3.20. The van der Waals surface area contributed by atoms with E-state index in [4.69, 9.17) is 4.42 Å². The minimum atomic E-state index is -0.00380. The Morgan fingerprint density at radius 1 is 1.39 bits per heavy atom. The average Bonchev–Trinajstić information content (AvgIpc) is 2.77. The predicted molar refractivity (Wildman–Crippen MR) is 69.5 cm³/mol. The van der Waals surface area contributed by atoms with Crippen LogP contribution in [-0.4, -0.2) is 27.9 Å². The molecule has 18 heavy (non-hydrogen) atoms. The number of nitrogens with zero attached hydrogens (tertiary/aromatic N) is 2. The Morgan fingerprint density at radius 2 is 2.00 bits per heavy atom. The van der Waals surface area contributed by atoms with Crippen LogP contribution in [0.5, 0.6) is 0 Å². The largest absolute Gasteiger partial charge is 0.438 e. The quantitative estimate of drug-likeness (QED) is 0.809. The van der Waals surface area contributed by atoms with Crippen molar-refractivity contribution in [1.29, 1.82) is 0 Å². The van der Waals surface area contributed by atoms with Crippen LogP contribution in [0.2, 0.25) is 0 Å². The van der Waals surface area contributed by atoms with Crippen molar-refractivity contribution in [3.63, 3.8) is 0 Å². The lowest BCUT2D eigenvalue weighted by atomic mass is 9.96. The molecule has 1 saturated heterocycles. The number of amides is 1. The standard InChI is InChI=1S/C14H22N2O2/c1-9(2)12-13(18-8-15-12)14(17)16-10(3)6-5-7-11(16)4/h8-11H,5-7H2,1-4H3. The molecule has 1 aliphatic rings. The van der Waals surface area contributed by atoms with E-state index in [0.717, 1.165) is 18.5 Å². The summed E-state index contributed by atoms with van der Waals surface area (Å²) in [6.45, 7) is 8.27. The van der Waals surface area contributed by atoms with Crippen molar-refractivity contribution in [2.24, 2.45) is 0 Å². The number of aromatic nitrogens is 1. The second-order valence-corrected chi connectivity index (χ2v) is 5.56. The Hall–Kier alpha value is -1.32. The second-order valence-electron chi connectivity index (χ2n) is 5.56. The molecule has 0 radical (unpaired) electrons. The molecular weight excluding hydrogens is 228 g/mol. The van der Waals surface area contributed by atoms with Crippen molar-refractivity contribution in [2.75, 3.05) is 0 Å². The van der Waals surface area contributed by atoms with Gasteiger partial charge in [0.2, 0.25) is 5.76 Å². The monoisotopic (exact) mass is 250 g/mol. The van der Waals surface area contributed by atoms with E-state index in [1.807, 2.05) is 18.7 Å². The molecule has 0 aliphatic carbocycles. The van der Waals surface area contributed by atoms with Crippen molar-refractivity contribution in [3.05, 3.63) is 17.8 Å². The van der Waals surface area contributed by atoms with Gasteiger partial charge >= 0.3 is 0 Å². The van der Waals surface area contributed by atoms with Crippen LogP contribution in [-0.2, 0) is 0 Å². The third kappa shape index (κ3) is 2.28. The summed E-state index contributed by atoms with van der Waals surface area (Å²) in [5.74, 6) is 0.625. The van der Waals surface area contributed by atoms with Crippen molar-refractivity contribution in [3.8, 4) is 0 Å². The van der Waals surface area contributed by atoms with E-state index in [2.05, 4.69) is 18.8 Å². The molecule has 2 rings (SSSR count). The Bertz CT molecular complexity index is 415. The highest BCUT2D eigenvalue weighted by Crippen LogP contribution is 2.27. The topological polar surface area (TPSA) is 46.3 Å². The Balaban J connectivity index is 2.27. The molecule has 1 fully saturated rings. The summed E-state index contributed by atoms with van der Waals surface area (Å²) in [5, 5.41) is 0. The first-order valence-corrected chi connectivity index (χ1v) is 6.78. The van der Waals surface area contributed by atoms with E-state index < -0.39 is 0 Å². The smallest absolute Gasteiger partial charge is 0.292 e. The summed E-state index contributed by atoms with van der Waals surface area (Å²) in [5.41, 5.74) is 0.768. The van der Waals surface area contributed by atoms with Gasteiger partial charge in [-0.15, -0.1) is 0 Å². The number of piperidine rings is 1. The van der Waals surface area contributed by atoms with E-state index in [9.17, 15) is 4.79 Å². The van der Waals surface area contributed by atoms with Crippen molar-refractivity contribution in [2.45, 2.75) is 65.0 Å². The maximum Gasteiger partial charge on any atom is 0.292 e. The molecule has 0 bridgehead atoms. The van der Waals surface area contributed by atoms with Gasteiger partial charge in [0, 0.05) is 12.1 Å². The van der Waals surface area contributed by atoms with Crippen LogP contribution in [0.15, 0.2) is 10.8 Å². The highest BCUT2D eigenvalue weighted by Gasteiger charge is 2.33. The maximum absolute atomic E-state index is 12.6. The Labute approximate surface area is 108 Å². The number of carbonyl (C=O) groups excluding carboxylic acids is 1. The maximum atomic E-state index is 12.6. The molecular formula is C14H22N2O2. The summed E-state index contributed by atoms with van der Waals surface area (Å²) < 4.78 is 5.34. The fraction of sp³-hybridized carbons (Fsp3) is 0.714. The van der Waals surface area contributed by atoms with Crippen LogP contribution in [0.3, 0.4) is 0 Å². The molecule has 2 unspecified atom stereocenters. The molecule has 0 aromatic carbocycles. The van der Waals surface area contributed by atoms with Crippen LogP contribution in [0.25, 0.3) is 0 Å². The normalized spacial score (nSPS) is 24.6. The van der Waals surface area contributed by atoms with Gasteiger partial charge in [-0.1, -0.05) is 13.8 Å². The van der Waals surface area contributed by atoms with Crippen LogP contribution >= 0.6 is 0 Å². The molecule has 2 heterocycles. The minimum absolute atomic E-state index is 0.00380. The van der Waals surface area contributed by atoms with Gasteiger partial charge < -0.3 is 9.32 Å². The number of hydrogen-bond donors (Lipinski definition) is 0. The molecule has 1 aliphatic heterocycles. The van der Waals surface area contributed by atoms with E-state index in [1.165, 1.54) is 12.8 Å². The van der Waals surface area contributed by atoms with Gasteiger partial charge in [0.15, 0.2) is 6.39 Å². The Morgan fingerprint density at radius 3 is 2.56 bits per heavy atom. The van der Waals surface area contributed by atoms with Crippen molar-refractivity contribution >= 4 is 5.91 Å². The lowest BCUT2D eigenvalue weighted by Crippen LogP contribution is -2.47. The molecule has 100 valence electrons.